The molecular formula is C20H26F2N4O3. The van der Waals surface area contributed by atoms with Crippen LogP contribution in [0.5, 0.6) is 5.75 Å². The lowest BCUT2D eigenvalue weighted by atomic mass is 9.92. The van der Waals surface area contributed by atoms with Crippen LogP contribution >= 0.6 is 0 Å². The minimum Gasteiger partial charge on any atom is -0.487 e. The van der Waals surface area contributed by atoms with E-state index in [0.29, 0.717) is 12.3 Å². The van der Waals surface area contributed by atoms with Gasteiger partial charge in [0.15, 0.2) is 0 Å². The molecule has 0 spiro atoms. The van der Waals surface area contributed by atoms with Gasteiger partial charge in [-0.2, -0.15) is 4.99 Å². The molecule has 7 nitrogen and oxygen atoms in total. The fourth-order valence-electron chi connectivity index (χ4n) is 3.28. The van der Waals surface area contributed by atoms with E-state index in [9.17, 15) is 18.4 Å². The Kier molecular flexibility index (Phi) is 6.14. The van der Waals surface area contributed by atoms with E-state index in [1.165, 1.54) is 19.2 Å². The number of rotatable bonds is 9. The van der Waals surface area contributed by atoms with Crippen molar-refractivity contribution in [3.63, 3.8) is 0 Å². The first-order valence-corrected chi connectivity index (χ1v) is 9.76. The average Bonchev–Trinajstić information content (AvgIpc) is 3.53. The van der Waals surface area contributed by atoms with E-state index in [1.54, 1.807) is 6.92 Å². The number of hydrogen-bond acceptors (Lipinski definition) is 4. The zero-order chi connectivity index (χ0) is 21.2. The van der Waals surface area contributed by atoms with Crippen LogP contribution in [0.3, 0.4) is 0 Å². The molecule has 2 amide bonds. The summed E-state index contributed by atoms with van der Waals surface area (Å²) < 4.78 is 30.4. The summed E-state index contributed by atoms with van der Waals surface area (Å²) in [5.74, 6) is -0.0642. The highest BCUT2D eigenvalue weighted by Crippen LogP contribution is 2.44. The lowest BCUT2D eigenvalue weighted by molar-refractivity contribution is -0.115. The first kappa shape index (κ1) is 21.1. The Morgan fingerprint density at radius 2 is 2.07 bits per heavy atom. The van der Waals surface area contributed by atoms with Gasteiger partial charge in [0.05, 0.1) is 5.54 Å². The van der Waals surface area contributed by atoms with Crippen molar-refractivity contribution in [1.82, 2.24) is 10.3 Å². The maximum Gasteiger partial charge on any atom is 0.272 e. The molecule has 29 heavy (non-hydrogen) atoms. The molecule has 158 valence electrons. The number of pyridine rings is 1. The van der Waals surface area contributed by atoms with Crippen molar-refractivity contribution in [2.24, 2.45) is 16.6 Å². The largest absolute Gasteiger partial charge is 0.487 e. The number of hydrogen-bond donors (Lipinski definition) is 2. The molecule has 9 heteroatoms. The predicted molar refractivity (Wildman–Crippen MR) is 103 cm³/mol. The number of alkyl halides is 2. The van der Waals surface area contributed by atoms with Crippen LogP contribution in [0.15, 0.2) is 17.3 Å². The number of aliphatic imine (C=N–C) groups is 1. The molecule has 2 fully saturated rings. The van der Waals surface area contributed by atoms with Crippen LogP contribution in [0.2, 0.25) is 0 Å². The summed E-state index contributed by atoms with van der Waals surface area (Å²) in [6, 6.07) is 1.39. The maximum absolute atomic E-state index is 12.9. The van der Waals surface area contributed by atoms with E-state index in [4.69, 9.17) is 10.5 Å². The van der Waals surface area contributed by atoms with Crippen molar-refractivity contribution < 1.29 is 23.1 Å². The number of aromatic nitrogens is 1. The van der Waals surface area contributed by atoms with Gasteiger partial charge in [-0.25, -0.2) is 8.78 Å². The quantitative estimate of drug-likeness (QED) is 0.483. The summed E-state index contributed by atoms with van der Waals surface area (Å²) >= 11 is 0. The molecule has 2 saturated carbocycles. The fraction of sp³-hybridized carbons (Fsp3) is 0.600. The third-order valence-corrected chi connectivity index (χ3v) is 5.14. The minimum absolute atomic E-state index is 0.0361. The van der Waals surface area contributed by atoms with Crippen molar-refractivity contribution in [2.75, 3.05) is 6.61 Å². The molecule has 1 aromatic rings. The Morgan fingerprint density at radius 1 is 1.38 bits per heavy atom. The van der Waals surface area contributed by atoms with Gasteiger partial charge in [0.1, 0.15) is 23.9 Å². The molecule has 0 aliphatic heterocycles. The van der Waals surface area contributed by atoms with Crippen molar-refractivity contribution in [1.29, 1.82) is 0 Å². The zero-order valence-corrected chi connectivity index (χ0v) is 16.6. The molecule has 3 rings (SSSR count). The number of halogens is 2. The molecular weight excluding hydrogens is 382 g/mol. The van der Waals surface area contributed by atoms with Gasteiger partial charge >= 0.3 is 0 Å². The normalized spacial score (nSPS) is 19.0. The second-order valence-electron chi connectivity index (χ2n) is 8.03. The van der Waals surface area contributed by atoms with E-state index >= 15 is 0 Å². The fourth-order valence-corrected chi connectivity index (χ4v) is 3.28. The number of nitrogens with two attached hydrogens (primary N) is 1. The monoisotopic (exact) mass is 408 g/mol. The van der Waals surface area contributed by atoms with Crippen molar-refractivity contribution in [3.05, 3.63) is 23.5 Å². The Bertz CT molecular complexity index is 822. The molecule has 1 aromatic heterocycles. The van der Waals surface area contributed by atoms with Crippen LogP contribution in [-0.2, 0) is 4.79 Å². The topological polar surface area (TPSA) is 107 Å². The molecule has 1 unspecified atom stereocenters. The Balaban J connectivity index is 1.81. The summed E-state index contributed by atoms with van der Waals surface area (Å²) in [6.07, 6.45) is 3.38. The SMILES string of the molecule is CC(=O)N=C(N)C(C)(CC1CC1)NC(=O)c1cc(OCC(F)F)c(C2CC2)cn1. The number of nitrogens with zero attached hydrogens (tertiary/aromatic N) is 2. The smallest absolute Gasteiger partial charge is 0.272 e. The molecule has 2 aliphatic carbocycles. The summed E-state index contributed by atoms with van der Waals surface area (Å²) in [6.45, 7) is 2.26. The van der Waals surface area contributed by atoms with Crippen LogP contribution in [0.4, 0.5) is 8.78 Å². The minimum atomic E-state index is -2.61. The van der Waals surface area contributed by atoms with E-state index in [1.807, 2.05) is 0 Å². The number of amides is 2. The summed E-state index contributed by atoms with van der Waals surface area (Å²) in [5, 5.41) is 2.83. The third kappa shape index (κ3) is 5.71. The maximum atomic E-state index is 12.9. The average molecular weight is 408 g/mol. The van der Waals surface area contributed by atoms with Crippen LogP contribution in [-0.4, -0.2) is 41.2 Å². The van der Waals surface area contributed by atoms with E-state index < -0.39 is 30.4 Å². The van der Waals surface area contributed by atoms with Gasteiger partial charge in [-0.15, -0.1) is 0 Å². The lowest BCUT2D eigenvalue weighted by Crippen LogP contribution is -2.56. The number of carbonyl (C=O) groups excluding carboxylic acids is 2. The molecule has 1 atom stereocenters. The molecule has 0 radical (unpaired) electrons. The number of carbonyl (C=O) groups is 2. The highest BCUT2D eigenvalue weighted by atomic mass is 19.3. The molecule has 0 aromatic carbocycles. The van der Waals surface area contributed by atoms with Gasteiger partial charge < -0.3 is 15.8 Å². The standard InChI is InChI=1S/C20H26F2N4O3/c1-11(27)25-19(23)20(2,8-12-3-4-12)26-18(28)15-7-16(29-10-17(21)22)14(9-24-15)13-5-6-13/h7,9,12-13,17H,3-6,8,10H2,1-2H3,(H,26,28)(H2,23,25,27). The molecule has 2 aliphatic rings. The molecule has 0 saturated heterocycles. The zero-order valence-electron chi connectivity index (χ0n) is 16.6. The summed E-state index contributed by atoms with van der Waals surface area (Å²) in [4.78, 5) is 32.2. The van der Waals surface area contributed by atoms with Gasteiger partial charge in [-0.05, 0) is 38.0 Å². The first-order valence-electron chi connectivity index (χ1n) is 9.76. The molecule has 0 bridgehead atoms. The van der Waals surface area contributed by atoms with Crippen molar-refractivity contribution >= 4 is 17.6 Å². The second kappa shape index (κ2) is 8.42. The second-order valence-corrected chi connectivity index (χ2v) is 8.03. The van der Waals surface area contributed by atoms with Gasteiger partial charge in [-0.3, -0.25) is 14.6 Å². The first-order chi connectivity index (χ1) is 13.7. The Labute approximate surface area is 168 Å². The van der Waals surface area contributed by atoms with Crippen molar-refractivity contribution in [3.8, 4) is 5.75 Å². The highest BCUT2D eigenvalue weighted by Gasteiger charge is 2.38. The predicted octanol–water partition coefficient (Wildman–Crippen LogP) is 2.80. The van der Waals surface area contributed by atoms with Gasteiger partial charge in [0.2, 0.25) is 5.91 Å². The van der Waals surface area contributed by atoms with Crippen molar-refractivity contribution in [2.45, 2.75) is 63.8 Å². The molecule has 1 heterocycles. The molecule has 3 N–H and O–H groups in total. The third-order valence-electron chi connectivity index (χ3n) is 5.14. The number of amidine groups is 1. The van der Waals surface area contributed by atoms with Gasteiger partial charge in [0.25, 0.3) is 12.3 Å². The van der Waals surface area contributed by atoms with E-state index in [-0.39, 0.29) is 23.2 Å². The van der Waals surface area contributed by atoms with Crippen LogP contribution in [0.25, 0.3) is 0 Å². The Morgan fingerprint density at radius 3 is 2.62 bits per heavy atom. The highest BCUT2D eigenvalue weighted by molar-refractivity contribution is 6.02. The van der Waals surface area contributed by atoms with Gasteiger partial charge in [0, 0.05) is 24.8 Å². The number of nitrogens with one attached hydrogen (secondary N) is 1. The van der Waals surface area contributed by atoms with Gasteiger partial charge in [-0.1, -0.05) is 12.8 Å². The van der Waals surface area contributed by atoms with E-state index in [0.717, 1.165) is 31.2 Å². The van der Waals surface area contributed by atoms with Crippen LogP contribution in [0.1, 0.15) is 67.9 Å². The van der Waals surface area contributed by atoms with E-state index in [2.05, 4.69) is 15.3 Å². The lowest BCUT2D eigenvalue weighted by Gasteiger charge is -2.30. The summed E-state index contributed by atoms with van der Waals surface area (Å²) in [5.41, 5.74) is 5.79. The van der Waals surface area contributed by atoms with Crippen LogP contribution < -0.4 is 15.8 Å². The Hall–Kier alpha value is -2.58. The van der Waals surface area contributed by atoms with Crippen LogP contribution in [0, 0.1) is 5.92 Å². The number of ether oxygens (including phenoxy) is 1. The summed E-state index contributed by atoms with van der Waals surface area (Å²) in [7, 11) is 0.